The molecule has 1 aliphatic heterocycles. The highest BCUT2D eigenvalue weighted by molar-refractivity contribution is 7.85. The van der Waals surface area contributed by atoms with Crippen LogP contribution in [0, 0.1) is 0 Å². The molecule has 0 saturated carbocycles. The monoisotopic (exact) mass is 273 g/mol. The second kappa shape index (κ2) is 5.38. The second-order valence-corrected chi connectivity index (χ2v) is 6.16. The van der Waals surface area contributed by atoms with Crippen LogP contribution < -0.4 is 5.73 Å². The second-order valence-electron chi connectivity index (χ2n) is 4.32. The molecule has 3 atom stereocenters. The lowest BCUT2D eigenvalue weighted by atomic mass is 10.2. The van der Waals surface area contributed by atoms with Crippen molar-refractivity contribution in [1.29, 1.82) is 0 Å². The fourth-order valence-electron chi connectivity index (χ4n) is 2.03. The lowest BCUT2D eigenvalue weighted by molar-refractivity contribution is 0.0695. The van der Waals surface area contributed by atoms with Crippen LogP contribution in [0.5, 0.6) is 0 Å². The molecule has 1 heterocycles. The molecule has 1 saturated heterocycles. The summed E-state index contributed by atoms with van der Waals surface area (Å²) in [5, 5.41) is 0.467. The van der Waals surface area contributed by atoms with E-state index in [1.54, 1.807) is 18.2 Å². The molecule has 2 N–H and O–H groups in total. The number of ether oxygens (including phenoxy) is 1. The Morgan fingerprint density at radius 3 is 2.88 bits per heavy atom. The van der Waals surface area contributed by atoms with Gasteiger partial charge in [0.05, 0.1) is 38.7 Å². The maximum absolute atomic E-state index is 12.2. The van der Waals surface area contributed by atoms with Crippen molar-refractivity contribution in [2.75, 3.05) is 11.5 Å². The first-order valence-corrected chi connectivity index (χ1v) is 7.35. The molecular weight excluding hydrogens is 258 g/mol. The van der Waals surface area contributed by atoms with Gasteiger partial charge in [-0.2, -0.15) is 0 Å². The van der Waals surface area contributed by atoms with Gasteiger partial charge in [0.15, 0.2) is 0 Å². The summed E-state index contributed by atoms with van der Waals surface area (Å²) in [7, 11) is -1.19. The van der Waals surface area contributed by atoms with Crippen molar-refractivity contribution < 1.29 is 8.95 Å². The van der Waals surface area contributed by atoms with Gasteiger partial charge in [-0.1, -0.05) is 17.7 Å². The number of hydrogen-bond donors (Lipinski definition) is 1. The van der Waals surface area contributed by atoms with Crippen molar-refractivity contribution in [2.24, 2.45) is 0 Å². The van der Waals surface area contributed by atoms with E-state index in [-0.39, 0.29) is 12.2 Å². The average molecular weight is 274 g/mol. The molecule has 0 aromatic heterocycles. The Labute approximate surface area is 109 Å². The van der Waals surface area contributed by atoms with Gasteiger partial charge >= 0.3 is 0 Å². The number of nitrogen functional groups attached to an aromatic ring is 1. The van der Waals surface area contributed by atoms with Crippen LogP contribution in [0.1, 0.15) is 19.8 Å². The summed E-state index contributed by atoms with van der Waals surface area (Å²) in [6.45, 7) is 2.03. The van der Waals surface area contributed by atoms with Gasteiger partial charge in [-0.3, -0.25) is 4.21 Å². The number of halogens is 1. The highest BCUT2D eigenvalue weighted by Crippen LogP contribution is 2.28. The summed E-state index contributed by atoms with van der Waals surface area (Å²) in [4.78, 5) is 0.539. The lowest BCUT2D eigenvalue weighted by Gasteiger charge is -2.12. The minimum Gasteiger partial charge on any atom is -0.398 e. The third-order valence-electron chi connectivity index (χ3n) is 2.88. The molecule has 0 spiro atoms. The number of hydrogen-bond acceptors (Lipinski definition) is 3. The van der Waals surface area contributed by atoms with Crippen molar-refractivity contribution >= 4 is 28.1 Å². The molecule has 2 rings (SSSR count). The summed E-state index contributed by atoms with van der Waals surface area (Å²) in [6.07, 6.45) is 2.30. The van der Waals surface area contributed by atoms with Gasteiger partial charge in [0, 0.05) is 5.69 Å². The predicted molar refractivity (Wildman–Crippen MR) is 70.7 cm³/mol. The Hall–Kier alpha value is -0.580. The average Bonchev–Trinajstić information content (AvgIpc) is 2.63. The van der Waals surface area contributed by atoms with E-state index < -0.39 is 10.8 Å². The minimum atomic E-state index is -1.19. The fraction of sp³-hybridized carbons (Fsp3) is 0.500. The smallest absolute Gasteiger partial charge is 0.0804 e. The predicted octanol–water partition coefficient (Wildman–Crippen LogP) is 2.60. The largest absolute Gasteiger partial charge is 0.398 e. The molecule has 1 aromatic carbocycles. The molecule has 3 unspecified atom stereocenters. The third-order valence-corrected chi connectivity index (χ3v) is 4.89. The lowest BCUT2D eigenvalue weighted by Crippen LogP contribution is -2.18. The summed E-state index contributed by atoms with van der Waals surface area (Å²) in [5.41, 5.74) is 6.29. The fourth-order valence-corrected chi connectivity index (χ4v) is 3.83. The van der Waals surface area contributed by atoms with Crippen LogP contribution in [0.25, 0.3) is 0 Å². The Morgan fingerprint density at radius 2 is 2.29 bits per heavy atom. The molecule has 17 heavy (non-hydrogen) atoms. The standard InChI is InChI=1S/C12H16ClNO2S/c1-8-5-6-9(16-8)7-17(15)12-10(13)3-2-4-11(12)14/h2-4,8-9H,5-7,14H2,1H3. The van der Waals surface area contributed by atoms with E-state index in [1.807, 2.05) is 6.92 Å². The van der Waals surface area contributed by atoms with Crippen molar-refractivity contribution in [3.05, 3.63) is 23.2 Å². The van der Waals surface area contributed by atoms with E-state index in [1.165, 1.54) is 0 Å². The highest BCUT2D eigenvalue weighted by Gasteiger charge is 2.25. The van der Waals surface area contributed by atoms with Crippen LogP contribution in [0.2, 0.25) is 5.02 Å². The number of benzene rings is 1. The van der Waals surface area contributed by atoms with Gasteiger partial charge in [0.1, 0.15) is 0 Å². The molecule has 5 heteroatoms. The van der Waals surface area contributed by atoms with Crippen molar-refractivity contribution in [1.82, 2.24) is 0 Å². The molecular formula is C12H16ClNO2S. The zero-order chi connectivity index (χ0) is 12.4. The van der Waals surface area contributed by atoms with Crippen LogP contribution in [0.3, 0.4) is 0 Å². The molecule has 1 fully saturated rings. The number of nitrogens with two attached hydrogens (primary N) is 1. The van der Waals surface area contributed by atoms with Crippen molar-refractivity contribution in [2.45, 2.75) is 36.9 Å². The molecule has 0 radical (unpaired) electrons. The van der Waals surface area contributed by atoms with E-state index in [0.29, 0.717) is 21.4 Å². The first kappa shape index (κ1) is 12.9. The summed E-state index contributed by atoms with van der Waals surface area (Å²) in [5.74, 6) is 0.471. The topological polar surface area (TPSA) is 52.3 Å². The molecule has 0 bridgehead atoms. The van der Waals surface area contributed by atoms with Gasteiger partial charge < -0.3 is 10.5 Å². The quantitative estimate of drug-likeness (QED) is 0.862. The third kappa shape index (κ3) is 3.00. The van der Waals surface area contributed by atoms with Crippen LogP contribution in [-0.4, -0.2) is 22.2 Å². The van der Waals surface area contributed by atoms with Gasteiger partial charge in [-0.15, -0.1) is 0 Å². The summed E-state index contributed by atoms with van der Waals surface area (Å²) in [6, 6.07) is 5.19. The van der Waals surface area contributed by atoms with E-state index in [2.05, 4.69) is 0 Å². The van der Waals surface area contributed by atoms with E-state index >= 15 is 0 Å². The van der Waals surface area contributed by atoms with E-state index in [4.69, 9.17) is 22.1 Å². The van der Waals surface area contributed by atoms with Crippen molar-refractivity contribution in [3.63, 3.8) is 0 Å². The van der Waals surface area contributed by atoms with Crippen LogP contribution in [0.15, 0.2) is 23.1 Å². The zero-order valence-corrected chi connectivity index (χ0v) is 11.3. The number of rotatable bonds is 3. The zero-order valence-electron chi connectivity index (χ0n) is 9.69. The van der Waals surface area contributed by atoms with E-state index in [9.17, 15) is 4.21 Å². The van der Waals surface area contributed by atoms with Gasteiger partial charge in [-0.25, -0.2) is 0 Å². The van der Waals surface area contributed by atoms with Gasteiger partial charge in [0.2, 0.25) is 0 Å². The first-order valence-electron chi connectivity index (χ1n) is 5.65. The first-order chi connectivity index (χ1) is 8.08. The molecule has 0 aliphatic carbocycles. The van der Waals surface area contributed by atoms with Gasteiger partial charge in [0.25, 0.3) is 0 Å². The summed E-state index contributed by atoms with van der Waals surface area (Å²) >= 11 is 6.02. The Morgan fingerprint density at radius 1 is 1.53 bits per heavy atom. The Kier molecular flexibility index (Phi) is 4.07. The van der Waals surface area contributed by atoms with Crippen LogP contribution >= 0.6 is 11.6 Å². The highest BCUT2D eigenvalue weighted by atomic mass is 35.5. The number of anilines is 1. The van der Waals surface area contributed by atoms with E-state index in [0.717, 1.165) is 12.8 Å². The van der Waals surface area contributed by atoms with Crippen molar-refractivity contribution in [3.8, 4) is 0 Å². The van der Waals surface area contributed by atoms with Crippen LogP contribution in [-0.2, 0) is 15.5 Å². The SMILES string of the molecule is CC1CCC(CS(=O)c2c(N)cccc2Cl)O1. The Balaban J connectivity index is 2.10. The maximum atomic E-state index is 12.2. The Bertz CT molecular complexity index is 418. The summed E-state index contributed by atoms with van der Waals surface area (Å²) < 4.78 is 17.9. The minimum absolute atomic E-state index is 0.0570. The molecule has 94 valence electrons. The normalized spacial score (nSPS) is 26.0. The van der Waals surface area contributed by atoms with Crippen LogP contribution in [0.4, 0.5) is 5.69 Å². The molecule has 0 amide bonds. The molecule has 1 aromatic rings. The van der Waals surface area contributed by atoms with Gasteiger partial charge in [-0.05, 0) is 31.9 Å². The maximum Gasteiger partial charge on any atom is 0.0804 e. The molecule has 1 aliphatic rings. The molecule has 3 nitrogen and oxygen atoms in total.